The van der Waals surface area contributed by atoms with Gasteiger partial charge in [-0.25, -0.2) is 0 Å². The van der Waals surface area contributed by atoms with Crippen LogP contribution in [0.3, 0.4) is 0 Å². The van der Waals surface area contributed by atoms with Crippen LogP contribution in [-0.4, -0.2) is 47.8 Å². The monoisotopic (exact) mass is 482 g/mol. The zero-order chi connectivity index (χ0) is 24.8. The minimum atomic E-state index is -0.109. The fourth-order valence-electron chi connectivity index (χ4n) is 3.80. The van der Waals surface area contributed by atoms with Crippen LogP contribution in [0.25, 0.3) is 11.4 Å². The SMILES string of the molecule is C=CCn1c(SCC(=O)Nc2c(C)cc(C)cc2C)nnc1-c1cc(OC)c(OC)c(OC)c1. The first kappa shape index (κ1) is 25.2. The number of methoxy groups -OCH3 is 3. The van der Waals surface area contributed by atoms with Crippen molar-refractivity contribution in [2.75, 3.05) is 32.4 Å². The van der Waals surface area contributed by atoms with Crippen LogP contribution in [0.2, 0.25) is 0 Å². The molecule has 0 fully saturated rings. The molecule has 0 aliphatic rings. The first-order valence-corrected chi connectivity index (χ1v) is 11.7. The molecule has 0 bridgehead atoms. The highest BCUT2D eigenvalue weighted by molar-refractivity contribution is 7.99. The van der Waals surface area contributed by atoms with Gasteiger partial charge in [0.1, 0.15) is 0 Å². The van der Waals surface area contributed by atoms with Gasteiger partial charge in [0.05, 0.1) is 27.1 Å². The number of carbonyl (C=O) groups is 1. The Kier molecular flexibility index (Phi) is 8.22. The lowest BCUT2D eigenvalue weighted by atomic mass is 10.1. The van der Waals surface area contributed by atoms with Gasteiger partial charge in [0.15, 0.2) is 22.5 Å². The number of nitrogens with zero attached hydrogens (tertiary/aromatic N) is 3. The third-order valence-electron chi connectivity index (χ3n) is 5.23. The van der Waals surface area contributed by atoms with E-state index in [4.69, 9.17) is 14.2 Å². The largest absolute Gasteiger partial charge is 0.493 e. The van der Waals surface area contributed by atoms with Crippen molar-refractivity contribution in [3.05, 3.63) is 53.6 Å². The van der Waals surface area contributed by atoms with E-state index in [1.807, 2.05) is 37.5 Å². The summed E-state index contributed by atoms with van der Waals surface area (Å²) >= 11 is 1.31. The number of amides is 1. The molecule has 34 heavy (non-hydrogen) atoms. The smallest absolute Gasteiger partial charge is 0.234 e. The average molecular weight is 483 g/mol. The predicted molar refractivity (Wildman–Crippen MR) is 135 cm³/mol. The Bertz CT molecular complexity index is 1160. The van der Waals surface area contributed by atoms with Crippen LogP contribution in [0.1, 0.15) is 16.7 Å². The quantitative estimate of drug-likeness (QED) is 0.328. The molecule has 3 rings (SSSR count). The fourth-order valence-corrected chi connectivity index (χ4v) is 4.54. The summed E-state index contributed by atoms with van der Waals surface area (Å²) in [6.45, 7) is 10.3. The molecule has 0 saturated heterocycles. The number of carbonyl (C=O) groups excluding carboxylic acids is 1. The molecule has 1 amide bonds. The summed E-state index contributed by atoms with van der Waals surface area (Å²) in [4.78, 5) is 12.7. The Balaban J connectivity index is 1.85. The van der Waals surface area contributed by atoms with Gasteiger partial charge < -0.3 is 19.5 Å². The van der Waals surface area contributed by atoms with E-state index < -0.39 is 0 Å². The molecule has 0 aliphatic carbocycles. The topological polar surface area (TPSA) is 87.5 Å². The Morgan fingerprint density at radius 3 is 2.18 bits per heavy atom. The lowest BCUT2D eigenvalue weighted by molar-refractivity contribution is -0.113. The molecular weight excluding hydrogens is 452 g/mol. The number of benzene rings is 2. The van der Waals surface area contributed by atoms with Gasteiger partial charge in [-0.1, -0.05) is 35.5 Å². The minimum Gasteiger partial charge on any atom is -0.493 e. The first-order valence-electron chi connectivity index (χ1n) is 10.7. The maximum absolute atomic E-state index is 12.7. The van der Waals surface area contributed by atoms with Crippen LogP contribution in [-0.2, 0) is 11.3 Å². The number of anilines is 1. The molecule has 0 aliphatic heterocycles. The summed E-state index contributed by atoms with van der Waals surface area (Å²) in [7, 11) is 4.68. The van der Waals surface area contributed by atoms with Crippen LogP contribution < -0.4 is 19.5 Å². The highest BCUT2D eigenvalue weighted by Crippen LogP contribution is 2.41. The van der Waals surface area contributed by atoms with Crippen LogP contribution in [0, 0.1) is 20.8 Å². The zero-order valence-corrected chi connectivity index (χ0v) is 21.2. The van der Waals surface area contributed by atoms with Crippen molar-refractivity contribution in [3.63, 3.8) is 0 Å². The summed E-state index contributed by atoms with van der Waals surface area (Å²) in [5, 5.41) is 12.3. The molecule has 0 saturated carbocycles. The molecule has 2 aromatic carbocycles. The van der Waals surface area contributed by atoms with Gasteiger partial charge in [-0.15, -0.1) is 16.8 Å². The van der Waals surface area contributed by atoms with E-state index in [0.29, 0.717) is 34.8 Å². The normalized spacial score (nSPS) is 10.6. The van der Waals surface area contributed by atoms with E-state index >= 15 is 0 Å². The van der Waals surface area contributed by atoms with E-state index in [0.717, 1.165) is 22.4 Å². The van der Waals surface area contributed by atoms with E-state index in [9.17, 15) is 4.79 Å². The van der Waals surface area contributed by atoms with Crippen molar-refractivity contribution < 1.29 is 19.0 Å². The van der Waals surface area contributed by atoms with Gasteiger partial charge in [0.25, 0.3) is 0 Å². The fraction of sp³-hybridized carbons (Fsp3) is 0.320. The third kappa shape index (κ3) is 5.36. The molecule has 0 unspecified atom stereocenters. The summed E-state index contributed by atoms with van der Waals surface area (Å²) in [5.74, 6) is 2.22. The lowest BCUT2D eigenvalue weighted by Crippen LogP contribution is -2.16. The molecule has 0 radical (unpaired) electrons. The molecule has 3 aromatic rings. The molecule has 0 spiro atoms. The number of thioether (sulfide) groups is 1. The lowest BCUT2D eigenvalue weighted by Gasteiger charge is -2.15. The van der Waals surface area contributed by atoms with Crippen molar-refractivity contribution in [1.82, 2.24) is 14.8 Å². The Morgan fingerprint density at radius 2 is 1.65 bits per heavy atom. The van der Waals surface area contributed by atoms with E-state index in [-0.39, 0.29) is 11.7 Å². The van der Waals surface area contributed by atoms with Gasteiger partial charge >= 0.3 is 0 Å². The summed E-state index contributed by atoms with van der Waals surface area (Å²) in [6, 6.07) is 7.74. The summed E-state index contributed by atoms with van der Waals surface area (Å²) in [5.41, 5.74) is 4.83. The van der Waals surface area contributed by atoms with Crippen molar-refractivity contribution in [2.45, 2.75) is 32.5 Å². The van der Waals surface area contributed by atoms with Gasteiger partial charge in [-0.2, -0.15) is 0 Å². The second-order valence-electron chi connectivity index (χ2n) is 7.73. The number of allylic oxidation sites excluding steroid dienone is 1. The number of aromatic nitrogens is 3. The Hall–Kier alpha value is -3.46. The van der Waals surface area contributed by atoms with Crippen molar-refractivity contribution in [2.24, 2.45) is 0 Å². The molecule has 1 N–H and O–H groups in total. The van der Waals surface area contributed by atoms with E-state index in [2.05, 4.69) is 34.2 Å². The van der Waals surface area contributed by atoms with Gasteiger partial charge in [0, 0.05) is 17.8 Å². The molecule has 0 atom stereocenters. The number of ether oxygens (including phenoxy) is 3. The van der Waals surface area contributed by atoms with Crippen molar-refractivity contribution in [1.29, 1.82) is 0 Å². The second kappa shape index (κ2) is 11.1. The Labute approximate surface area is 204 Å². The van der Waals surface area contributed by atoms with Crippen molar-refractivity contribution in [3.8, 4) is 28.6 Å². The standard InChI is InChI=1S/C25H30N4O4S/c1-8-9-29-24(18-12-19(31-5)23(33-7)20(13-18)32-6)27-28-25(29)34-14-21(30)26-22-16(3)10-15(2)11-17(22)4/h8,10-13H,1,9,14H2,2-7H3,(H,26,30). The van der Waals surface area contributed by atoms with Gasteiger partial charge in [-0.05, 0) is 44.0 Å². The Morgan fingerprint density at radius 1 is 1.03 bits per heavy atom. The molecule has 180 valence electrons. The highest BCUT2D eigenvalue weighted by Gasteiger charge is 2.20. The minimum absolute atomic E-state index is 0.109. The van der Waals surface area contributed by atoms with Crippen LogP contribution >= 0.6 is 11.8 Å². The maximum atomic E-state index is 12.7. The van der Waals surface area contributed by atoms with Crippen LogP contribution in [0.15, 0.2) is 42.1 Å². The number of hydrogen-bond donors (Lipinski definition) is 1. The van der Waals surface area contributed by atoms with Crippen LogP contribution in [0.4, 0.5) is 5.69 Å². The second-order valence-corrected chi connectivity index (χ2v) is 8.67. The third-order valence-corrected chi connectivity index (χ3v) is 6.19. The number of hydrogen-bond acceptors (Lipinski definition) is 7. The van der Waals surface area contributed by atoms with E-state index in [1.165, 1.54) is 17.3 Å². The number of aryl methyl sites for hydroxylation is 3. The molecule has 1 aromatic heterocycles. The summed E-state index contributed by atoms with van der Waals surface area (Å²) in [6.07, 6.45) is 1.76. The zero-order valence-electron chi connectivity index (χ0n) is 20.4. The summed E-state index contributed by atoms with van der Waals surface area (Å²) < 4.78 is 18.2. The predicted octanol–water partition coefficient (Wildman–Crippen LogP) is 4.81. The van der Waals surface area contributed by atoms with Crippen LogP contribution in [0.5, 0.6) is 17.2 Å². The molecule has 1 heterocycles. The number of rotatable bonds is 10. The molecule has 9 heteroatoms. The van der Waals surface area contributed by atoms with Crippen molar-refractivity contribution >= 4 is 23.4 Å². The molecule has 8 nitrogen and oxygen atoms in total. The molecular formula is C25H30N4O4S. The van der Waals surface area contributed by atoms with Gasteiger partial charge in [0.2, 0.25) is 11.7 Å². The average Bonchev–Trinajstić information content (AvgIpc) is 3.21. The first-order chi connectivity index (χ1) is 16.3. The maximum Gasteiger partial charge on any atom is 0.234 e. The van der Waals surface area contributed by atoms with Gasteiger partial charge in [-0.3, -0.25) is 9.36 Å². The number of nitrogens with one attached hydrogen (secondary N) is 1. The van der Waals surface area contributed by atoms with E-state index in [1.54, 1.807) is 27.4 Å². The highest BCUT2D eigenvalue weighted by atomic mass is 32.2.